The first-order valence-electron chi connectivity index (χ1n) is 5.94. The fourth-order valence-electron chi connectivity index (χ4n) is 1.96. The SMILES string of the molecule is COc1cc(Br)ccc1C(Cc1ccccn1)NN. The summed E-state index contributed by atoms with van der Waals surface area (Å²) >= 11 is 3.43. The van der Waals surface area contributed by atoms with Crippen molar-refractivity contribution in [3.05, 3.63) is 58.3 Å². The zero-order chi connectivity index (χ0) is 13.7. The van der Waals surface area contributed by atoms with Crippen LogP contribution in [0.25, 0.3) is 0 Å². The molecule has 0 aliphatic carbocycles. The molecule has 0 aliphatic heterocycles. The highest BCUT2D eigenvalue weighted by Gasteiger charge is 2.16. The molecule has 1 atom stereocenters. The lowest BCUT2D eigenvalue weighted by Gasteiger charge is -2.19. The van der Waals surface area contributed by atoms with Crippen LogP contribution in [-0.2, 0) is 6.42 Å². The number of hydrazine groups is 1. The molecule has 100 valence electrons. The van der Waals surface area contributed by atoms with Crippen LogP contribution in [0.5, 0.6) is 5.75 Å². The first-order valence-corrected chi connectivity index (χ1v) is 6.73. The van der Waals surface area contributed by atoms with Crippen molar-refractivity contribution in [1.29, 1.82) is 0 Å². The number of methoxy groups -OCH3 is 1. The Hall–Kier alpha value is -1.43. The standard InChI is InChI=1S/C14H16BrN3O/c1-19-14-8-10(15)5-6-12(14)13(18-16)9-11-4-2-3-7-17-11/h2-8,13,18H,9,16H2,1H3. The molecular weight excluding hydrogens is 306 g/mol. The van der Waals surface area contributed by atoms with Gasteiger partial charge in [0.1, 0.15) is 5.75 Å². The van der Waals surface area contributed by atoms with Crippen molar-refractivity contribution in [3.8, 4) is 5.75 Å². The molecule has 4 nitrogen and oxygen atoms in total. The van der Waals surface area contributed by atoms with Gasteiger partial charge < -0.3 is 4.74 Å². The van der Waals surface area contributed by atoms with E-state index >= 15 is 0 Å². The van der Waals surface area contributed by atoms with Gasteiger partial charge in [-0.15, -0.1) is 0 Å². The average Bonchev–Trinajstić information content (AvgIpc) is 2.46. The molecule has 1 aromatic carbocycles. The van der Waals surface area contributed by atoms with Gasteiger partial charge in [-0.1, -0.05) is 28.1 Å². The van der Waals surface area contributed by atoms with Crippen LogP contribution >= 0.6 is 15.9 Å². The summed E-state index contributed by atoms with van der Waals surface area (Å²) in [5, 5.41) is 0. The van der Waals surface area contributed by atoms with E-state index in [-0.39, 0.29) is 6.04 Å². The first-order chi connectivity index (χ1) is 9.24. The number of hydrogen-bond donors (Lipinski definition) is 2. The van der Waals surface area contributed by atoms with Gasteiger partial charge in [-0.3, -0.25) is 16.3 Å². The second-order valence-electron chi connectivity index (χ2n) is 4.13. The predicted octanol–water partition coefficient (Wildman–Crippen LogP) is 2.60. The van der Waals surface area contributed by atoms with E-state index in [2.05, 4.69) is 26.3 Å². The number of nitrogens with one attached hydrogen (secondary N) is 1. The molecule has 5 heteroatoms. The van der Waals surface area contributed by atoms with E-state index in [1.54, 1.807) is 13.3 Å². The zero-order valence-corrected chi connectivity index (χ0v) is 12.2. The van der Waals surface area contributed by atoms with Gasteiger partial charge in [-0.25, -0.2) is 0 Å². The minimum Gasteiger partial charge on any atom is -0.496 e. The summed E-state index contributed by atoms with van der Waals surface area (Å²) < 4.78 is 6.37. The van der Waals surface area contributed by atoms with Crippen molar-refractivity contribution in [2.45, 2.75) is 12.5 Å². The zero-order valence-electron chi connectivity index (χ0n) is 10.6. The number of pyridine rings is 1. The van der Waals surface area contributed by atoms with Gasteiger partial charge in [0.2, 0.25) is 0 Å². The summed E-state index contributed by atoms with van der Waals surface area (Å²) in [4.78, 5) is 4.32. The smallest absolute Gasteiger partial charge is 0.124 e. The lowest BCUT2D eigenvalue weighted by molar-refractivity contribution is 0.398. The maximum Gasteiger partial charge on any atom is 0.124 e. The normalized spacial score (nSPS) is 12.2. The lowest BCUT2D eigenvalue weighted by atomic mass is 10.0. The molecule has 0 saturated carbocycles. The molecule has 1 unspecified atom stereocenters. The van der Waals surface area contributed by atoms with Crippen molar-refractivity contribution in [2.75, 3.05) is 7.11 Å². The Morgan fingerprint density at radius 1 is 1.37 bits per heavy atom. The van der Waals surface area contributed by atoms with E-state index in [0.717, 1.165) is 21.5 Å². The quantitative estimate of drug-likeness (QED) is 0.656. The van der Waals surface area contributed by atoms with Crippen molar-refractivity contribution in [2.24, 2.45) is 5.84 Å². The number of benzene rings is 1. The van der Waals surface area contributed by atoms with E-state index in [4.69, 9.17) is 10.6 Å². The fourth-order valence-corrected chi connectivity index (χ4v) is 2.30. The minimum atomic E-state index is -0.0436. The predicted molar refractivity (Wildman–Crippen MR) is 78.7 cm³/mol. The largest absolute Gasteiger partial charge is 0.496 e. The monoisotopic (exact) mass is 321 g/mol. The number of hydrogen-bond acceptors (Lipinski definition) is 4. The third kappa shape index (κ3) is 3.53. The number of ether oxygens (including phenoxy) is 1. The van der Waals surface area contributed by atoms with E-state index < -0.39 is 0 Å². The van der Waals surface area contributed by atoms with Crippen molar-refractivity contribution in [1.82, 2.24) is 10.4 Å². The Morgan fingerprint density at radius 3 is 2.84 bits per heavy atom. The molecule has 0 fully saturated rings. The van der Waals surface area contributed by atoms with Crippen LogP contribution in [0.3, 0.4) is 0 Å². The maximum atomic E-state index is 5.67. The lowest BCUT2D eigenvalue weighted by Crippen LogP contribution is -2.30. The van der Waals surface area contributed by atoms with Gasteiger partial charge in [-0.05, 0) is 24.3 Å². The highest BCUT2D eigenvalue weighted by Crippen LogP contribution is 2.29. The third-order valence-corrected chi connectivity index (χ3v) is 3.40. The molecule has 0 bridgehead atoms. The minimum absolute atomic E-state index is 0.0436. The molecular formula is C14H16BrN3O. The van der Waals surface area contributed by atoms with E-state index in [1.165, 1.54) is 0 Å². The molecule has 3 N–H and O–H groups in total. The van der Waals surface area contributed by atoms with Crippen molar-refractivity contribution in [3.63, 3.8) is 0 Å². The molecule has 0 aliphatic rings. The summed E-state index contributed by atoms with van der Waals surface area (Å²) in [6, 6.07) is 11.7. The first kappa shape index (κ1) is 14.0. The molecule has 1 aromatic heterocycles. The third-order valence-electron chi connectivity index (χ3n) is 2.91. The summed E-state index contributed by atoms with van der Waals surface area (Å²) in [5.41, 5.74) is 4.82. The average molecular weight is 322 g/mol. The number of rotatable bonds is 5. The van der Waals surface area contributed by atoms with Crippen molar-refractivity contribution >= 4 is 15.9 Å². The second-order valence-corrected chi connectivity index (χ2v) is 5.05. The topological polar surface area (TPSA) is 60.2 Å². The molecule has 2 aromatic rings. The van der Waals surface area contributed by atoms with Gasteiger partial charge in [0.05, 0.1) is 13.2 Å². The molecule has 2 rings (SSSR count). The van der Waals surface area contributed by atoms with Crippen LogP contribution in [0.2, 0.25) is 0 Å². The molecule has 0 spiro atoms. The Labute approximate surface area is 121 Å². The molecule has 0 saturated heterocycles. The Bertz CT molecular complexity index is 533. The van der Waals surface area contributed by atoms with Crippen LogP contribution in [0.1, 0.15) is 17.3 Å². The van der Waals surface area contributed by atoms with Gasteiger partial charge in [-0.2, -0.15) is 0 Å². The van der Waals surface area contributed by atoms with Gasteiger partial charge >= 0.3 is 0 Å². The molecule has 1 heterocycles. The summed E-state index contributed by atoms with van der Waals surface area (Å²) in [5.74, 6) is 6.47. The van der Waals surface area contributed by atoms with Crippen molar-refractivity contribution < 1.29 is 4.74 Å². The summed E-state index contributed by atoms with van der Waals surface area (Å²) in [6.07, 6.45) is 2.48. The van der Waals surface area contributed by atoms with E-state index in [9.17, 15) is 0 Å². The Morgan fingerprint density at radius 2 is 2.21 bits per heavy atom. The van der Waals surface area contributed by atoms with Crippen LogP contribution in [-0.4, -0.2) is 12.1 Å². The number of nitrogens with two attached hydrogens (primary N) is 1. The highest BCUT2D eigenvalue weighted by atomic mass is 79.9. The van der Waals surface area contributed by atoms with Crippen LogP contribution in [0.15, 0.2) is 47.1 Å². The van der Waals surface area contributed by atoms with E-state index in [1.807, 2.05) is 36.4 Å². The molecule has 19 heavy (non-hydrogen) atoms. The Kier molecular flexibility index (Phi) is 4.90. The summed E-state index contributed by atoms with van der Waals surface area (Å²) in [7, 11) is 1.65. The number of halogens is 1. The number of nitrogens with zero attached hydrogens (tertiary/aromatic N) is 1. The van der Waals surface area contributed by atoms with Gasteiger partial charge in [0.25, 0.3) is 0 Å². The molecule has 0 amide bonds. The Balaban J connectivity index is 2.27. The maximum absolute atomic E-state index is 5.67. The van der Waals surface area contributed by atoms with Gasteiger partial charge in [0.15, 0.2) is 0 Å². The van der Waals surface area contributed by atoms with Crippen LogP contribution in [0, 0.1) is 0 Å². The second kappa shape index (κ2) is 6.65. The molecule has 0 radical (unpaired) electrons. The highest BCUT2D eigenvalue weighted by molar-refractivity contribution is 9.10. The summed E-state index contributed by atoms with van der Waals surface area (Å²) in [6.45, 7) is 0. The van der Waals surface area contributed by atoms with Crippen LogP contribution in [0.4, 0.5) is 0 Å². The van der Waals surface area contributed by atoms with Crippen LogP contribution < -0.4 is 16.0 Å². The van der Waals surface area contributed by atoms with Gasteiger partial charge in [0, 0.05) is 28.3 Å². The fraction of sp³-hybridized carbons (Fsp3) is 0.214. The van der Waals surface area contributed by atoms with E-state index in [0.29, 0.717) is 6.42 Å². The number of aromatic nitrogens is 1.